The van der Waals surface area contributed by atoms with Crippen LogP contribution in [0.5, 0.6) is 0 Å². The number of nitrogens with one attached hydrogen (secondary N) is 1. The molecule has 5 nitrogen and oxygen atoms in total. The van der Waals surface area contributed by atoms with Crippen molar-refractivity contribution in [1.29, 1.82) is 0 Å². The van der Waals surface area contributed by atoms with E-state index >= 15 is 0 Å². The number of rotatable bonds is 4. The molecule has 0 aliphatic heterocycles. The van der Waals surface area contributed by atoms with Gasteiger partial charge in [0.25, 0.3) is 0 Å². The Bertz CT molecular complexity index is 513. The summed E-state index contributed by atoms with van der Waals surface area (Å²) in [6, 6.07) is 6.93. The van der Waals surface area contributed by atoms with Gasteiger partial charge in [0, 0.05) is 11.7 Å². The fraction of sp³-hybridized carbons (Fsp3) is 0.538. The van der Waals surface area contributed by atoms with E-state index in [0.717, 1.165) is 18.5 Å². The Hall–Kier alpha value is -1.11. The van der Waals surface area contributed by atoms with E-state index in [0.29, 0.717) is 18.5 Å². The summed E-state index contributed by atoms with van der Waals surface area (Å²) >= 11 is 0. The van der Waals surface area contributed by atoms with Crippen LogP contribution < -0.4 is 16.2 Å². The number of benzene rings is 1. The van der Waals surface area contributed by atoms with Crippen LogP contribution in [-0.4, -0.2) is 21.0 Å². The number of primary sulfonamides is 1. The Balaban J connectivity index is 2.06. The number of sulfonamides is 1. The van der Waals surface area contributed by atoms with Gasteiger partial charge in [0.1, 0.15) is 0 Å². The molecule has 19 heavy (non-hydrogen) atoms. The van der Waals surface area contributed by atoms with Crippen molar-refractivity contribution < 1.29 is 8.42 Å². The van der Waals surface area contributed by atoms with Crippen LogP contribution in [0.3, 0.4) is 0 Å². The van der Waals surface area contributed by atoms with Gasteiger partial charge in [0.2, 0.25) is 10.0 Å². The average molecular weight is 283 g/mol. The highest BCUT2D eigenvalue weighted by Crippen LogP contribution is 2.26. The first-order valence-corrected chi connectivity index (χ1v) is 8.15. The van der Waals surface area contributed by atoms with Crippen molar-refractivity contribution in [1.82, 2.24) is 0 Å². The standard InChI is InChI=1S/C13H21N3O2S/c14-9-10-3-1-2-4-13(10)16-11-5-7-12(8-6-11)19(15,17)18/h5-8,10,13,16H,1-4,9,14H2,(H2,15,17,18). The summed E-state index contributed by atoms with van der Waals surface area (Å²) in [7, 11) is -3.62. The van der Waals surface area contributed by atoms with E-state index in [1.54, 1.807) is 12.1 Å². The molecule has 106 valence electrons. The fourth-order valence-corrected chi connectivity index (χ4v) is 3.15. The maximum atomic E-state index is 11.2. The number of hydrogen-bond donors (Lipinski definition) is 3. The smallest absolute Gasteiger partial charge is 0.238 e. The number of anilines is 1. The van der Waals surface area contributed by atoms with Crippen molar-refractivity contribution in [2.45, 2.75) is 36.6 Å². The zero-order valence-electron chi connectivity index (χ0n) is 10.9. The quantitative estimate of drug-likeness (QED) is 0.775. The van der Waals surface area contributed by atoms with Crippen molar-refractivity contribution >= 4 is 15.7 Å². The molecule has 1 aliphatic rings. The van der Waals surface area contributed by atoms with Crippen LogP contribution in [0, 0.1) is 5.92 Å². The third kappa shape index (κ3) is 3.68. The molecule has 2 atom stereocenters. The van der Waals surface area contributed by atoms with Crippen molar-refractivity contribution in [2.75, 3.05) is 11.9 Å². The van der Waals surface area contributed by atoms with Crippen LogP contribution in [0.4, 0.5) is 5.69 Å². The van der Waals surface area contributed by atoms with Gasteiger partial charge in [0.15, 0.2) is 0 Å². The second-order valence-electron chi connectivity index (χ2n) is 5.10. The predicted octanol–water partition coefficient (Wildman–Crippen LogP) is 1.26. The molecule has 1 aromatic carbocycles. The first kappa shape index (κ1) is 14.3. The summed E-state index contributed by atoms with van der Waals surface area (Å²) in [5, 5.41) is 8.51. The van der Waals surface area contributed by atoms with Gasteiger partial charge in [-0.25, -0.2) is 13.6 Å². The molecule has 0 saturated heterocycles. The molecule has 5 N–H and O–H groups in total. The van der Waals surface area contributed by atoms with Crippen molar-refractivity contribution in [3.63, 3.8) is 0 Å². The van der Waals surface area contributed by atoms with Crippen LogP contribution in [0.25, 0.3) is 0 Å². The topological polar surface area (TPSA) is 98.2 Å². The molecule has 0 heterocycles. The Morgan fingerprint density at radius 2 is 1.79 bits per heavy atom. The van der Waals surface area contributed by atoms with Crippen LogP contribution in [0.15, 0.2) is 29.2 Å². The summed E-state index contributed by atoms with van der Waals surface area (Å²) < 4.78 is 22.3. The molecule has 2 unspecified atom stereocenters. The van der Waals surface area contributed by atoms with Gasteiger partial charge in [-0.2, -0.15) is 0 Å². The zero-order chi connectivity index (χ0) is 13.9. The summed E-state index contributed by atoms with van der Waals surface area (Å²) in [5.41, 5.74) is 6.71. The van der Waals surface area contributed by atoms with E-state index < -0.39 is 10.0 Å². The molecule has 0 radical (unpaired) electrons. The molecule has 1 aromatic rings. The van der Waals surface area contributed by atoms with Gasteiger partial charge in [-0.15, -0.1) is 0 Å². The van der Waals surface area contributed by atoms with E-state index in [1.165, 1.54) is 25.0 Å². The van der Waals surface area contributed by atoms with Crippen LogP contribution in [-0.2, 0) is 10.0 Å². The van der Waals surface area contributed by atoms with Gasteiger partial charge >= 0.3 is 0 Å². The highest BCUT2D eigenvalue weighted by Gasteiger charge is 2.23. The van der Waals surface area contributed by atoms with E-state index in [-0.39, 0.29) is 4.90 Å². The normalized spacial score (nSPS) is 24.1. The molecule has 0 aromatic heterocycles. The minimum absolute atomic E-state index is 0.136. The van der Waals surface area contributed by atoms with Crippen LogP contribution in [0.1, 0.15) is 25.7 Å². The van der Waals surface area contributed by atoms with Gasteiger partial charge in [-0.1, -0.05) is 12.8 Å². The van der Waals surface area contributed by atoms with Gasteiger partial charge in [-0.05, 0) is 49.6 Å². The lowest BCUT2D eigenvalue weighted by molar-refractivity contribution is 0.332. The van der Waals surface area contributed by atoms with Gasteiger partial charge in [-0.3, -0.25) is 0 Å². The molecule has 0 spiro atoms. The molecule has 0 amide bonds. The van der Waals surface area contributed by atoms with E-state index in [9.17, 15) is 8.42 Å². The van der Waals surface area contributed by atoms with Crippen molar-refractivity contribution in [3.05, 3.63) is 24.3 Å². The van der Waals surface area contributed by atoms with E-state index in [2.05, 4.69) is 5.32 Å². The summed E-state index contributed by atoms with van der Waals surface area (Å²) in [5.74, 6) is 0.492. The Morgan fingerprint density at radius 1 is 1.16 bits per heavy atom. The lowest BCUT2D eigenvalue weighted by Crippen LogP contribution is -2.36. The molecule has 1 saturated carbocycles. The average Bonchev–Trinajstić information content (AvgIpc) is 2.39. The summed E-state index contributed by atoms with van der Waals surface area (Å²) in [4.78, 5) is 0.136. The molecule has 6 heteroatoms. The lowest BCUT2D eigenvalue weighted by atomic mass is 9.84. The first-order chi connectivity index (χ1) is 9.00. The van der Waals surface area contributed by atoms with Crippen LogP contribution in [0.2, 0.25) is 0 Å². The Labute approximate surface area is 114 Å². The predicted molar refractivity (Wildman–Crippen MR) is 76.2 cm³/mol. The van der Waals surface area contributed by atoms with Crippen molar-refractivity contribution in [3.8, 4) is 0 Å². The first-order valence-electron chi connectivity index (χ1n) is 6.60. The fourth-order valence-electron chi connectivity index (χ4n) is 2.63. The number of nitrogens with two attached hydrogens (primary N) is 2. The SMILES string of the molecule is NCC1CCCCC1Nc1ccc(S(N)(=O)=O)cc1. The molecule has 2 rings (SSSR count). The third-order valence-electron chi connectivity index (χ3n) is 3.75. The highest BCUT2D eigenvalue weighted by atomic mass is 32.2. The highest BCUT2D eigenvalue weighted by molar-refractivity contribution is 7.89. The minimum Gasteiger partial charge on any atom is -0.382 e. The summed E-state index contributed by atoms with van der Waals surface area (Å²) in [6.45, 7) is 0.687. The third-order valence-corrected chi connectivity index (χ3v) is 4.68. The second-order valence-corrected chi connectivity index (χ2v) is 6.66. The van der Waals surface area contributed by atoms with Gasteiger partial charge in [0.05, 0.1) is 4.90 Å². The zero-order valence-corrected chi connectivity index (χ0v) is 11.7. The Morgan fingerprint density at radius 3 is 2.37 bits per heavy atom. The van der Waals surface area contributed by atoms with Gasteiger partial charge < -0.3 is 11.1 Å². The largest absolute Gasteiger partial charge is 0.382 e. The maximum Gasteiger partial charge on any atom is 0.238 e. The minimum atomic E-state index is -3.62. The Kier molecular flexibility index (Phi) is 4.44. The molecule has 1 aliphatic carbocycles. The molecular weight excluding hydrogens is 262 g/mol. The van der Waals surface area contributed by atoms with E-state index in [1.807, 2.05) is 0 Å². The maximum absolute atomic E-state index is 11.2. The second kappa shape index (κ2) is 5.90. The molecule has 0 bridgehead atoms. The van der Waals surface area contributed by atoms with Crippen molar-refractivity contribution in [2.24, 2.45) is 16.8 Å². The van der Waals surface area contributed by atoms with Crippen LogP contribution >= 0.6 is 0 Å². The van der Waals surface area contributed by atoms with E-state index in [4.69, 9.17) is 10.9 Å². The number of hydrogen-bond acceptors (Lipinski definition) is 4. The molecule has 1 fully saturated rings. The monoisotopic (exact) mass is 283 g/mol. The molecular formula is C13H21N3O2S. The lowest BCUT2D eigenvalue weighted by Gasteiger charge is -2.32. The summed E-state index contributed by atoms with van der Waals surface area (Å²) in [6.07, 6.45) is 4.72.